The van der Waals surface area contributed by atoms with Gasteiger partial charge >= 0.3 is 0 Å². The van der Waals surface area contributed by atoms with E-state index in [1.54, 1.807) is 19.1 Å². The standard InChI is InChI=1S/C22H26FN5O/c1-14-8-9-19(15(2)10-14)11-16(3)24-22(29)21(28-17(4)25-26-27-28)13-18-6-5-7-20(23)12-18/h5-10,12,16,21H,11,13H2,1-4H3,(H,24,29). The molecule has 2 aromatic carbocycles. The van der Waals surface area contributed by atoms with Crippen LogP contribution in [0.15, 0.2) is 42.5 Å². The summed E-state index contributed by atoms with van der Waals surface area (Å²) in [7, 11) is 0. The molecule has 29 heavy (non-hydrogen) atoms. The highest BCUT2D eigenvalue weighted by Crippen LogP contribution is 2.17. The minimum atomic E-state index is -0.659. The quantitative estimate of drug-likeness (QED) is 0.666. The number of aromatic nitrogens is 4. The van der Waals surface area contributed by atoms with Gasteiger partial charge in [0.2, 0.25) is 5.91 Å². The number of halogens is 1. The summed E-state index contributed by atoms with van der Waals surface area (Å²) in [6, 6.07) is 11.8. The van der Waals surface area contributed by atoms with Crippen LogP contribution in [0.3, 0.4) is 0 Å². The fourth-order valence-corrected chi connectivity index (χ4v) is 3.50. The van der Waals surface area contributed by atoms with E-state index in [9.17, 15) is 9.18 Å². The van der Waals surface area contributed by atoms with E-state index >= 15 is 0 Å². The Bertz CT molecular complexity index is 1000. The van der Waals surface area contributed by atoms with Crippen molar-refractivity contribution in [1.29, 1.82) is 0 Å². The molecule has 0 radical (unpaired) electrons. The largest absolute Gasteiger partial charge is 0.351 e. The van der Waals surface area contributed by atoms with Crippen LogP contribution in [0.1, 0.15) is 41.0 Å². The topological polar surface area (TPSA) is 72.7 Å². The maximum absolute atomic E-state index is 13.6. The Balaban J connectivity index is 1.76. The molecule has 152 valence electrons. The van der Waals surface area contributed by atoms with Gasteiger partial charge in [0.15, 0.2) is 0 Å². The predicted octanol–water partition coefficient (Wildman–Crippen LogP) is 3.27. The highest BCUT2D eigenvalue weighted by molar-refractivity contribution is 5.80. The second kappa shape index (κ2) is 8.94. The van der Waals surface area contributed by atoms with Gasteiger partial charge in [0.05, 0.1) is 0 Å². The summed E-state index contributed by atoms with van der Waals surface area (Å²) in [4.78, 5) is 13.1. The van der Waals surface area contributed by atoms with Gasteiger partial charge in [-0.15, -0.1) is 5.10 Å². The van der Waals surface area contributed by atoms with Crippen LogP contribution in [0.25, 0.3) is 0 Å². The molecular weight excluding hydrogens is 369 g/mol. The molecule has 1 N–H and O–H groups in total. The van der Waals surface area contributed by atoms with E-state index < -0.39 is 6.04 Å². The number of aryl methyl sites for hydroxylation is 3. The molecule has 0 aliphatic carbocycles. The molecular formula is C22H26FN5O. The van der Waals surface area contributed by atoms with Gasteiger partial charge in [-0.05, 0) is 73.4 Å². The highest BCUT2D eigenvalue weighted by Gasteiger charge is 2.25. The first-order valence-corrected chi connectivity index (χ1v) is 9.69. The van der Waals surface area contributed by atoms with E-state index in [0.29, 0.717) is 17.8 Å². The average Bonchev–Trinajstić information content (AvgIpc) is 3.07. The number of carbonyl (C=O) groups excluding carboxylic acids is 1. The van der Waals surface area contributed by atoms with Gasteiger partial charge in [-0.25, -0.2) is 9.07 Å². The molecule has 2 atom stereocenters. The van der Waals surface area contributed by atoms with E-state index in [4.69, 9.17) is 0 Å². The molecule has 2 unspecified atom stereocenters. The Labute approximate surface area is 170 Å². The Morgan fingerprint density at radius 3 is 2.59 bits per heavy atom. The number of rotatable bonds is 7. The van der Waals surface area contributed by atoms with Crippen LogP contribution in [0.4, 0.5) is 4.39 Å². The summed E-state index contributed by atoms with van der Waals surface area (Å²) < 4.78 is 15.1. The number of nitrogens with zero attached hydrogens (tertiary/aromatic N) is 4. The van der Waals surface area contributed by atoms with Gasteiger partial charge in [0.25, 0.3) is 0 Å². The van der Waals surface area contributed by atoms with E-state index in [-0.39, 0.29) is 17.8 Å². The predicted molar refractivity (Wildman–Crippen MR) is 109 cm³/mol. The van der Waals surface area contributed by atoms with Crippen molar-refractivity contribution in [2.75, 3.05) is 0 Å². The molecule has 0 aliphatic heterocycles. The van der Waals surface area contributed by atoms with Crippen LogP contribution in [-0.4, -0.2) is 32.2 Å². The summed E-state index contributed by atoms with van der Waals surface area (Å²) >= 11 is 0. The maximum Gasteiger partial charge on any atom is 0.245 e. The third-order valence-electron chi connectivity index (χ3n) is 4.99. The van der Waals surface area contributed by atoms with Gasteiger partial charge < -0.3 is 5.32 Å². The molecule has 0 fully saturated rings. The second-order valence-corrected chi connectivity index (χ2v) is 7.56. The van der Waals surface area contributed by atoms with E-state index in [0.717, 1.165) is 6.42 Å². The number of benzene rings is 2. The van der Waals surface area contributed by atoms with Crippen molar-refractivity contribution in [2.24, 2.45) is 0 Å². The lowest BCUT2D eigenvalue weighted by atomic mass is 9.99. The molecule has 0 saturated carbocycles. The maximum atomic E-state index is 13.6. The van der Waals surface area contributed by atoms with Crippen molar-refractivity contribution >= 4 is 5.91 Å². The third-order valence-corrected chi connectivity index (χ3v) is 4.99. The second-order valence-electron chi connectivity index (χ2n) is 7.56. The molecule has 0 bridgehead atoms. The van der Waals surface area contributed by atoms with Gasteiger partial charge in [-0.1, -0.05) is 35.9 Å². The number of carbonyl (C=O) groups is 1. The van der Waals surface area contributed by atoms with E-state index in [2.05, 4.69) is 52.9 Å². The van der Waals surface area contributed by atoms with Gasteiger partial charge in [-0.2, -0.15) is 0 Å². The zero-order valence-electron chi connectivity index (χ0n) is 17.2. The van der Waals surface area contributed by atoms with Crippen LogP contribution in [0.5, 0.6) is 0 Å². The van der Waals surface area contributed by atoms with Crippen molar-refractivity contribution in [3.8, 4) is 0 Å². The zero-order valence-corrected chi connectivity index (χ0v) is 17.2. The van der Waals surface area contributed by atoms with Crippen LogP contribution in [0.2, 0.25) is 0 Å². The molecule has 1 aromatic heterocycles. The summed E-state index contributed by atoms with van der Waals surface area (Å²) in [6.07, 6.45) is 1.02. The number of hydrogen-bond acceptors (Lipinski definition) is 4. The summed E-state index contributed by atoms with van der Waals surface area (Å²) in [5, 5.41) is 14.6. The summed E-state index contributed by atoms with van der Waals surface area (Å²) in [5.74, 6) is 0.00354. The fraction of sp³-hybridized carbons (Fsp3) is 0.364. The van der Waals surface area contributed by atoms with Crippen molar-refractivity contribution in [3.05, 3.63) is 76.4 Å². The fourth-order valence-electron chi connectivity index (χ4n) is 3.50. The van der Waals surface area contributed by atoms with Crippen LogP contribution >= 0.6 is 0 Å². The Hall–Kier alpha value is -3.09. The average molecular weight is 395 g/mol. The first kappa shape index (κ1) is 20.6. The van der Waals surface area contributed by atoms with Crippen LogP contribution < -0.4 is 5.32 Å². The molecule has 3 rings (SSSR count). The molecule has 1 amide bonds. The zero-order chi connectivity index (χ0) is 21.0. The lowest BCUT2D eigenvalue weighted by molar-refractivity contribution is -0.125. The Morgan fingerprint density at radius 2 is 1.93 bits per heavy atom. The van der Waals surface area contributed by atoms with Crippen molar-refractivity contribution in [1.82, 2.24) is 25.5 Å². The number of amides is 1. The van der Waals surface area contributed by atoms with Crippen molar-refractivity contribution in [3.63, 3.8) is 0 Å². The number of nitrogens with one attached hydrogen (secondary N) is 1. The van der Waals surface area contributed by atoms with Crippen LogP contribution in [0, 0.1) is 26.6 Å². The lowest BCUT2D eigenvalue weighted by Crippen LogP contribution is -2.40. The summed E-state index contributed by atoms with van der Waals surface area (Å²) in [6.45, 7) is 7.86. The highest BCUT2D eigenvalue weighted by atomic mass is 19.1. The molecule has 0 spiro atoms. The monoisotopic (exact) mass is 395 g/mol. The van der Waals surface area contributed by atoms with Gasteiger partial charge in [-0.3, -0.25) is 4.79 Å². The minimum absolute atomic E-state index is 0.0734. The van der Waals surface area contributed by atoms with E-state index in [1.165, 1.54) is 33.5 Å². The molecule has 1 heterocycles. The lowest BCUT2D eigenvalue weighted by Gasteiger charge is -2.21. The minimum Gasteiger partial charge on any atom is -0.351 e. The third kappa shape index (κ3) is 5.25. The number of hydrogen-bond donors (Lipinski definition) is 1. The Kier molecular flexibility index (Phi) is 6.36. The van der Waals surface area contributed by atoms with Gasteiger partial charge in [0.1, 0.15) is 17.7 Å². The summed E-state index contributed by atoms with van der Waals surface area (Å²) in [5.41, 5.74) is 4.33. The molecule has 6 nitrogen and oxygen atoms in total. The molecule has 7 heteroatoms. The normalized spacial score (nSPS) is 13.1. The van der Waals surface area contributed by atoms with Gasteiger partial charge in [0, 0.05) is 12.5 Å². The smallest absolute Gasteiger partial charge is 0.245 e. The van der Waals surface area contributed by atoms with Crippen molar-refractivity contribution in [2.45, 2.75) is 52.6 Å². The number of tetrazole rings is 1. The van der Waals surface area contributed by atoms with Crippen molar-refractivity contribution < 1.29 is 9.18 Å². The molecule has 3 aromatic rings. The molecule has 0 saturated heterocycles. The first-order valence-electron chi connectivity index (χ1n) is 9.69. The molecule has 0 aliphatic rings. The van der Waals surface area contributed by atoms with Crippen LogP contribution in [-0.2, 0) is 17.6 Å². The SMILES string of the molecule is Cc1ccc(CC(C)NC(=O)C(Cc2cccc(F)c2)n2nnnc2C)c(C)c1. The first-order chi connectivity index (χ1) is 13.8. The Morgan fingerprint density at radius 1 is 1.14 bits per heavy atom. The van der Waals surface area contributed by atoms with E-state index in [1.807, 2.05) is 6.92 Å².